The third kappa shape index (κ3) is 4.01. The van der Waals surface area contributed by atoms with Gasteiger partial charge in [0.25, 0.3) is 0 Å². The van der Waals surface area contributed by atoms with Crippen molar-refractivity contribution in [2.24, 2.45) is 0 Å². The zero-order valence-corrected chi connectivity index (χ0v) is 11.7. The lowest BCUT2D eigenvalue weighted by atomic mass is 10.5. The van der Waals surface area contributed by atoms with Gasteiger partial charge in [-0.1, -0.05) is 6.92 Å². The molecule has 0 spiro atoms. The lowest BCUT2D eigenvalue weighted by Crippen LogP contribution is -2.25. The minimum absolute atomic E-state index is 0.393. The van der Waals surface area contributed by atoms with Gasteiger partial charge < -0.3 is 15.0 Å². The zero-order valence-electron chi connectivity index (χ0n) is 11.7. The van der Waals surface area contributed by atoms with Gasteiger partial charge in [-0.15, -0.1) is 0 Å². The first kappa shape index (κ1) is 14.5. The minimum Gasteiger partial charge on any atom is -0.463 e. The van der Waals surface area contributed by atoms with Gasteiger partial charge in [0.05, 0.1) is 6.61 Å². The SMILES string of the molecule is CCCOc1nc(NCC)nc(N(CC)CC)n1. The van der Waals surface area contributed by atoms with E-state index in [2.05, 4.69) is 45.9 Å². The highest BCUT2D eigenvalue weighted by molar-refractivity contribution is 5.38. The molecule has 0 unspecified atom stereocenters. The zero-order chi connectivity index (χ0) is 13.4. The second kappa shape index (κ2) is 7.68. The summed E-state index contributed by atoms with van der Waals surface area (Å²) >= 11 is 0. The molecule has 0 amide bonds. The molecule has 0 radical (unpaired) electrons. The number of anilines is 2. The number of rotatable bonds is 8. The van der Waals surface area contributed by atoms with E-state index in [1.807, 2.05) is 6.92 Å². The number of nitrogens with one attached hydrogen (secondary N) is 1. The second-order valence-corrected chi connectivity index (χ2v) is 3.79. The van der Waals surface area contributed by atoms with E-state index in [9.17, 15) is 0 Å². The van der Waals surface area contributed by atoms with Gasteiger partial charge in [-0.2, -0.15) is 15.0 Å². The van der Waals surface area contributed by atoms with E-state index >= 15 is 0 Å². The van der Waals surface area contributed by atoms with E-state index in [0.717, 1.165) is 26.1 Å². The molecule has 102 valence electrons. The molecule has 1 aromatic rings. The molecular weight excluding hydrogens is 230 g/mol. The monoisotopic (exact) mass is 253 g/mol. The van der Waals surface area contributed by atoms with Crippen molar-refractivity contribution in [1.29, 1.82) is 0 Å². The molecule has 0 bridgehead atoms. The molecule has 18 heavy (non-hydrogen) atoms. The minimum atomic E-state index is 0.393. The number of nitrogens with zero attached hydrogens (tertiary/aromatic N) is 4. The van der Waals surface area contributed by atoms with Crippen LogP contribution in [0.2, 0.25) is 0 Å². The Bertz CT molecular complexity index is 354. The predicted molar refractivity (Wildman–Crippen MR) is 73.3 cm³/mol. The first-order valence-electron chi connectivity index (χ1n) is 6.62. The molecule has 6 heteroatoms. The van der Waals surface area contributed by atoms with E-state index in [1.165, 1.54) is 0 Å². The van der Waals surface area contributed by atoms with E-state index in [0.29, 0.717) is 24.5 Å². The van der Waals surface area contributed by atoms with Crippen molar-refractivity contribution in [3.8, 4) is 6.01 Å². The highest BCUT2D eigenvalue weighted by Gasteiger charge is 2.11. The topological polar surface area (TPSA) is 63.2 Å². The fourth-order valence-electron chi connectivity index (χ4n) is 1.49. The molecule has 0 aliphatic rings. The molecule has 0 aliphatic carbocycles. The average Bonchev–Trinajstić information content (AvgIpc) is 2.38. The Morgan fingerprint density at radius 1 is 1.06 bits per heavy atom. The van der Waals surface area contributed by atoms with Crippen molar-refractivity contribution in [2.45, 2.75) is 34.1 Å². The van der Waals surface area contributed by atoms with Crippen LogP contribution in [0.25, 0.3) is 0 Å². The maximum absolute atomic E-state index is 5.49. The highest BCUT2D eigenvalue weighted by atomic mass is 16.5. The third-order valence-corrected chi connectivity index (χ3v) is 2.42. The molecule has 0 aromatic carbocycles. The molecular formula is C12H23N5O. The van der Waals surface area contributed by atoms with Crippen LogP contribution >= 0.6 is 0 Å². The fraction of sp³-hybridized carbons (Fsp3) is 0.750. The van der Waals surface area contributed by atoms with Gasteiger partial charge in [-0.05, 0) is 27.2 Å². The average molecular weight is 253 g/mol. The number of hydrogen-bond acceptors (Lipinski definition) is 6. The summed E-state index contributed by atoms with van der Waals surface area (Å²) in [6, 6.07) is 0.393. The summed E-state index contributed by atoms with van der Waals surface area (Å²) in [5.41, 5.74) is 0. The first-order valence-corrected chi connectivity index (χ1v) is 6.62. The fourth-order valence-corrected chi connectivity index (χ4v) is 1.49. The van der Waals surface area contributed by atoms with Crippen LogP contribution in [-0.4, -0.2) is 41.2 Å². The molecule has 6 nitrogen and oxygen atoms in total. The molecule has 0 saturated carbocycles. The lowest BCUT2D eigenvalue weighted by molar-refractivity contribution is 0.292. The second-order valence-electron chi connectivity index (χ2n) is 3.79. The Kier molecular flexibility index (Phi) is 6.18. The largest absolute Gasteiger partial charge is 0.463 e. The van der Waals surface area contributed by atoms with E-state index in [4.69, 9.17) is 4.74 Å². The Morgan fingerprint density at radius 3 is 2.33 bits per heavy atom. The van der Waals surface area contributed by atoms with Crippen molar-refractivity contribution >= 4 is 11.9 Å². The standard InChI is InChI=1S/C12H23N5O/c1-5-9-18-12-15-10(13-6-2)14-11(16-12)17(7-3)8-4/h5-9H2,1-4H3,(H,13,14,15,16). The summed E-state index contributed by atoms with van der Waals surface area (Å²) in [7, 11) is 0. The highest BCUT2D eigenvalue weighted by Crippen LogP contribution is 2.14. The molecule has 0 aliphatic heterocycles. The van der Waals surface area contributed by atoms with Gasteiger partial charge in [0.1, 0.15) is 0 Å². The van der Waals surface area contributed by atoms with Gasteiger partial charge in [0.2, 0.25) is 11.9 Å². The van der Waals surface area contributed by atoms with Crippen molar-refractivity contribution in [2.75, 3.05) is 36.5 Å². The van der Waals surface area contributed by atoms with E-state index in [1.54, 1.807) is 0 Å². The summed E-state index contributed by atoms with van der Waals surface area (Å²) in [6.45, 7) is 11.3. The van der Waals surface area contributed by atoms with Crippen molar-refractivity contribution in [3.05, 3.63) is 0 Å². The summed E-state index contributed by atoms with van der Waals surface area (Å²) in [6.07, 6.45) is 0.933. The maximum atomic E-state index is 5.49. The van der Waals surface area contributed by atoms with Crippen LogP contribution in [-0.2, 0) is 0 Å². The van der Waals surface area contributed by atoms with Gasteiger partial charge in [-0.3, -0.25) is 0 Å². The smallest absolute Gasteiger partial charge is 0.323 e. The van der Waals surface area contributed by atoms with Crippen LogP contribution in [0, 0.1) is 0 Å². The molecule has 0 saturated heterocycles. The predicted octanol–water partition coefficient (Wildman–Crippen LogP) is 1.94. The summed E-state index contributed by atoms with van der Waals surface area (Å²) in [4.78, 5) is 15.0. The van der Waals surface area contributed by atoms with Crippen molar-refractivity contribution in [3.63, 3.8) is 0 Å². The van der Waals surface area contributed by atoms with Crippen LogP contribution < -0.4 is 15.0 Å². The van der Waals surface area contributed by atoms with Crippen molar-refractivity contribution in [1.82, 2.24) is 15.0 Å². The number of hydrogen-bond donors (Lipinski definition) is 1. The molecule has 0 fully saturated rings. The van der Waals surface area contributed by atoms with Crippen molar-refractivity contribution < 1.29 is 4.74 Å². The maximum Gasteiger partial charge on any atom is 0.323 e. The molecule has 1 heterocycles. The van der Waals surface area contributed by atoms with Crippen LogP contribution in [0.3, 0.4) is 0 Å². The van der Waals surface area contributed by atoms with Gasteiger partial charge >= 0.3 is 6.01 Å². The van der Waals surface area contributed by atoms with Crippen LogP contribution in [0.1, 0.15) is 34.1 Å². The third-order valence-electron chi connectivity index (χ3n) is 2.42. The van der Waals surface area contributed by atoms with Crippen LogP contribution in [0.5, 0.6) is 6.01 Å². The number of ether oxygens (including phenoxy) is 1. The lowest BCUT2D eigenvalue weighted by Gasteiger charge is -2.19. The Hall–Kier alpha value is -1.59. The Morgan fingerprint density at radius 2 is 1.78 bits per heavy atom. The Balaban J connectivity index is 2.96. The number of aromatic nitrogens is 3. The Labute approximate surface area is 109 Å². The summed E-state index contributed by atoms with van der Waals surface area (Å²) < 4.78 is 5.49. The van der Waals surface area contributed by atoms with Gasteiger partial charge in [0.15, 0.2) is 0 Å². The van der Waals surface area contributed by atoms with Crippen LogP contribution in [0.4, 0.5) is 11.9 Å². The van der Waals surface area contributed by atoms with Gasteiger partial charge in [-0.25, -0.2) is 0 Å². The first-order chi connectivity index (χ1) is 8.74. The van der Waals surface area contributed by atoms with E-state index < -0.39 is 0 Å². The van der Waals surface area contributed by atoms with Crippen LogP contribution in [0.15, 0.2) is 0 Å². The summed E-state index contributed by atoms with van der Waals surface area (Å²) in [5, 5.41) is 3.10. The van der Waals surface area contributed by atoms with Gasteiger partial charge in [0, 0.05) is 19.6 Å². The molecule has 1 rings (SSSR count). The van der Waals surface area contributed by atoms with E-state index in [-0.39, 0.29) is 0 Å². The molecule has 1 N–H and O–H groups in total. The molecule has 0 atom stereocenters. The quantitative estimate of drug-likeness (QED) is 0.764. The molecule has 1 aromatic heterocycles. The normalized spacial score (nSPS) is 10.2. The summed E-state index contributed by atoms with van der Waals surface area (Å²) in [5.74, 6) is 1.23.